The lowest BCUT2D eigenvalue weighted by Crippen LogP contribution is -2.07. The third-order valence-corrected chi connectivity index (χ3v) is 3.13. The van der Waals surface area contributed by atoms with Crippen LogP contribution in [0.15, 0.2) is 42.9 Å². The Kier molecular flexibility index (Phi) is 4.72. The topological polar surface area (TPSA) is 47.0 Å². The molecule has 0 spiro atoms. The van der Waals surface area contributed by atoms with Gasteiger partial charge >= 0.3 is 0 Å². The number of nitrogens with zero attached hydrogens (tertiary/aromatic N) is 2. The molecule has 1 aromatic heterocycles. The van der Waals surface area contributed by atoms with E-state index in [4.69, 9.17) is 4.74 Å². The second-order valence-corrected chi connectivity index (χ2v) is 4.48. The van der Waals surface area contributed by atoms with Gasteiger partial charge in [0.1, 0.15) is 11.6 Å². The van der Waals surface area contributed by atoms with Crippen molar-refractivity contribution in [1.29, 1.82) is 0 Å². The Morgan fingerprint density at radius 3 is 2.63 bits per heavy atom. The number of anilines is 1. The normalized spacial score (nSPS) is 11.9. The number of methoxy groups -OCH3 is 1. The van der Waals surface area contributed by atoms with Crippen molar-refractivity contribution < 1.29 is 4.74 Å². The maximum atomic E-state index is 5.16. The number of hydrogen-bond acceptors (Lipinski definition) is 4. The Morgan fingerprint density at radius 1 is 1.21 bits per heavy atom. The van der Waals surface area contributed by atoms with E-state index in [0.717, 1.165) is 24.5 Å². The second kappa shape index (κ2) is 6.73. The van der Waals surface area contributed by atoms with Crippen molar-refractivity contribution in [1.82, 2.24) is 9.97 Å². The van der Waals surface area contributed by atoms with Gasteiger partial charge < -0.3 is 10.1 Å². The van der Waals surface area contributed by atoms with Crippen LogP contribution in [0.5, 0.6) is 5.75 Å². The molecule has 0 aliphatic rings. The zero-order chi connectivity index (χ0) is 13.5. The summed E-state index contributed by atoms with van der Waals surface area (Å²) in [6, 6.07) is 8.24. The Labute approximate surface area is 113 Å². The average molecular weight is 257 g/mol. The van der Waals surface area contributed by atoms with E-state index in [2.05, 4.69) is 34.3 Å². The predicted octanol–water partition coefficient (Wildman–Crippen LogP) is 3.09. The van der Waals surface area contributed by atoms with Crippen LogP contribution in [-0.4, -0.2) is 23.6 Å². The smallest absolute Gasteiger partial charge is 0.144 e. The molecular weight excluding hydrogens is 238 g/mol. The molecular formula is C15H19N3O. The summed E-state index contributed by atoms with van der Waals surface area (Å²) in [5, 5.41) is 3.27. The average Bonchev–Trinajstić information content (AvgIpc) is 2.48. The predicted molar refractivity (Wildman–Crippen MR) is 76.5 cm³/mol. The first-order valence-corrected chi connectivity index (χ1v) is 6.43. The minimum Gasteiger partial charge on any atom is -0.497 e. The fourth-order valence-corrected chi connectivity index (χ4v) is 1.91. The molecule has 4 nitrogen and oxygen atoms in total. The Balaban J connectivity index is 1.82. The quantitative estimate of drug-likeness (QED) is 0.863. The summed E-state index contributed by atoms with van der Waals surface area (Å²) in [5.41, 5.74) is 1.32. The molecule has 1 heterocycles. The molecule has 0 amide bonds. The maximum absolute atomic E-state index is 5.16. The summed E-state index contributed by atoms with van der Waals surface area (Å²) >= 11 is 0. The summed E-state index contributed by atoms with van der Waals surface area (Å²) in [6.45, 7) is 3.10. The first-order valence-electron chi connectivity index (χ1n) is 6.43. The fourth-order valence-electron chi connectivity index (χ4n) is 1.91. The van der Waals surface area contributed by atoms with Gasteiger partial charge in [0.05, 0.1) is 13.3 Å². The Bertz CT molecular complexity index is 485. The SMILES string of the molecule is COc1ccc(C(C)CCNc2cnccn2)cc1. The van der Waals surface area contributed by atoms with Gasteiger partial charge in [0.15, 0.2) is 0 Å². The summed E-state index contributed by atoms with van der Waals surface area (Å²) in [7, 11) is 1.68. The largest absolute Gasteiger partial charge is 0.497 e. The second-order valence-electron chi connectivity index (χ2n) is 4.48. The number of hydrogen-bond donors (Lipinski definition) is 1. The third kappa shape index (κ3) is 3.95. The lowest BCUT2D eigenvalue weighted by molar-refractivity contribution is 0.414. The van der Waals surface area contributed by atoms with Gasteiger partial charge in [0, 0.05) is 18.9 Å². The molecule has 19 heavy (non-hydrogen) atoms. The highest BCUT2D eigenvalue weighted by molar-refractivity contribution is 5.31. The van der Waals surface area contributed by atoms with Crippen molar-refractivity contribution in [2.24, 2.45) is 0 Å². The first-order chi connectivity index (χ1) is 9.29. The highest BCUT2D eigenvalue weighted by Gasteiger charge is 2.05. The van der Waals surface area contributed by atoms with E-state index >= 15 is 0 Å². The lowest BCUT2D eigenvalue weighted by Gasteiger charge is -2.13. The highest BCUT2D eigenvalue weighted by atomic mass is 16.5. The summed E-state index contributed by atoms with van der Waals surface area (Å²) < 4.78 is 5.16. The molecule has 2 rings (SSSR count). The highest BCUT2D eigenvalue weighted by Crippen LogP contribution is 2.21. The zero-order valence-electron chi connectivity index (χ0n) is 11.3. The third-order valence-electron chi connectivity index (χ3n) is 3.13. The van der Waals surface area contributed by atoms with Crippen LogP contribution < -0.4 is 10.1 Å². The Hall–Kier alpha value is -2.10. The molecule has 100 valence electrons. The number of benzene rings is 1. The van der Waals surface area contributed by atoms with Gasteiger partial charge in [0.2, 0.25) is 0 Å². The summed E-state index contributed by atoms with van der Waals surface area (Å²) in [4.78, 5) is 8.20. The number of rotatable bonds is 6. The minimum atomic E-state index is 0.495. The molecule has 0 fully saturated rings. The van der Waals surface area contributed by atoms with Crippen molar-refractivity contribution in [2.45, 2.75) is 19.3 Å². The van der Waals surface area contributed by atoms with E-state index in [-0.39, 0.29) is 0 Å². The van der Waals surface area contributed by atoms with Gasteiger partial charge in [-0.2, -0.15) is 0 Å². The molecule has 1 N–H and O–H groups in total. The summed E-state index contributed by atoms with van der Waals surface area (Å²) in [5.74, 6) is 2.22. The number of ether oxygens (including phenoxy) is 1. The summed E-state index contributed by atoms with van der Waals surface area (Å²) in [6.07, 6.45) is 6.14. The standard InChI is InChI=1S/C15H19N3O/c1-12(13-3-5-14(19-2)6-4-13)7-8-17-15-11-16-9-10-18-15/h3-6,9-12H,7-8H2,1-2H3,(H,17,18). The van der Waals surface area contributed by atoms with Crippen molar-refractivity contribution in [3.05, 3.63) is 48.4 Å². The van der Waals surface area contributed by atoms with Crippen LogP contribution in [-0.2, 0) is 0 Å². The van der Waals surface area contributed by atoms with Crippen LogP contribution >= 0.6 is 0 Å². The maximum Gasteiger partial charge on any atom is 0.144 e. The molecule has 2 aromatic rings. The van der Waals surface area contributed by atoms with Crippen LogP contribution in [0.3, 0.4) is 0 Å². The lowest BCUT2D eigenvalue weighted by atomic mass is 9.98. The molecule has 4 heteroatoms. The molecule has 1 atom stereocenters. The molecule has 0 aliphatic carbocycles. The van der Waals surface area contributed by atoms with E-state index in [1.807, 2.05) is 12.1 Å². The van der Waals surface area contributed by atoms with E-state index in [1.165, 1.54) is 5.56 Å². The first kappa shape index (κ1) is 13.3. The van der Waals surface area contributed by atoms with Crippen LogP contribution in [0, 0.1) is 0 Å². The monoisotopic (exact) mass is 257 g/mol. The van der Waals surface area contributed by atoms with Crippen molar-refractivity contribution in [3.8, 4) is 5.75 Å². The van der Waals surface area contributed by atoms with Crippen LogP contribution in [0.4, 0.5) is 5.82 Å². The fraction of sp³-hybridized carbons (Fsp3) is 0.333. The molecule has 0 radical (unpaired) electrons. The van der Waals surface area contributed by atoms with Gasteiger partial charge in [-0.3, -0.25) is 4.98 Å². The van der Waals surface area contributed by atoms with Gasteiger partial charge in [0.25, 0.3) is 0 Å². The molecule has 0 saturated carbocycles. The van der Waals surface area contributed by atoms with Crippen LogP contribution in [0.2, 0.25) is 0 Å². The van der Waals surface area contributed by atoms with Gasteiger partial charge in [-0.05, 0) is 30.0 Å². The molecule has 0 bridgehead atoms. The van der Waals surface area contributed by atoms with Gasteiger partial charge in [-0.15, -0.1) is 0 Å². The van der Waals surface area contributed by atoms with E-state index < -0.39 is 0 Å². The Morgan fingerprint density at radius 2 is 2.00 bits per heavy atom. The van der Waals surface area contributed by atoms with E-state index in [1.54, 1.807) is 25.7 Å². The van der Waals surface area contributed by atoms with E-state index in [0.29, 0.717) is 5.92 Å². The van der Waals surface area contributed by atoms with Crippen LogP contribution in [0.1, 0.15) is 24.8 Å². The van der Waals surface area contributed by atoms with Gasteiger partial charge in [-0.1, -0.05) is 19.1 Å². The molecule has 1 unspecified atom stereocenters. The molecule has 0 saturated heterocycles. The molecule has 1 aromatic carbocycles. The zero-order valence-corrected chi connectivity index (χ0v) is 11.3. The number of nitrogens with one attached hydrogen (secondary N) is 1. The van der Waals surface area contributed by atoms with Gasteiger partial charge in [-0.25, -0.2) is 4.98 Å². The van der Waals surface area contributed by atoms with E-state index in [9.17, 15) is 0 Å². The molecule has 0 aliphatic heterocycles. The van der Waals surface area contributed by atoms with Crippen molar-refractivity contribution in [3.63, 3.8) is 0 Å². The van der Waals surface area contributed by atoms with Crippen molar-refractivity contribution in [2.75, 3.05) is 19.0 Å². The number of aromatic nitrogens is 2. The minimum absolute atomic E-state index is 0.495. The van der Waals surface area contributed by atoms with Crippen molar-refractivity contribution >= 4 is 5.82 Å². The van der Waals surface area contributed by atoms with Crippen LogP contribution in [0.25, 0.3) is 0 Å².